The Kier molecular flexibility index (Phi) is 3.80. The number of pyridine rings is 1. The van der Waals surface area contributed by atoms with Crippen molar-refractivity contribution in [3.63, 3.8) is 0 Å². The van der Waals surface area contributed by atoms with Crippen LogP contribution in [0, 0.1) is 5.82 Å². The number of hydrogen-bond acceptors (Lipinski definition) is 3. The van der Waals surface area contributed by atoms with E-state index >= 15 is 0 Å². The van der Waals surface area contributed by atoms with Crippen molar-refractivity contribution in [2.45, 2.75) is 13.0 Å². The number of hydrogen-bond donors (Lipinski definition) is 1. The molecule has 2 heterocycles. The maximum absolute atomic E-state index is 13.1. The largest absolute Gasteiger partial charge is 0.345 e. The molecular formula is C12H12ClFN4O. The van der Waals surface area contributed by atoms with Crippen molar-refractivity contribution < 1.29 is 9.18 Å². The SMILES string of the molecule is CC(NC(=O)c1cc(F)cnc1Cl)c1cnn(C)c1. The van der Waals surface area contributed by atoms with E-state index in [0.29, 0.717) is 0 Å². The minimum Gasteiger partial charge on any atom is -0.345 e. The van der Waals surface area contributed by atoms with Crippen LogP contribution in [0.1, 0.15) is 28.9 Å². The molecule has 0 spiro atoms. The van der Waals surface area contributed by atoms with Gasteiger partial charge in [-0.25, -0.2) is 9.37 Å². The molecule has 2 rings (SSSR count). The quantitative estimate of drug-likeness (QED) is 0.877. The summed E-state index contributed by atoms with van der Waals surface area (Å²) in [5, 5.41) is 6.70. The van der Waals surface area contributed by atoms with Gasteiger partial charge in [-0.15, -0.1) is 0 Å². The second-order valence-electron chi connectivity index (χ2n) is 4.13. The van der Waals surface area contributed by atoms with Gasteiger partial charge in [-0.05, 0) is 13.0 Å². The van der Waals surface area contributed by atoms with Crippen molar-refractivity contribution in [2.24, 2.45) is 7.05 Å². The molecule has 19 heavy (non-hydrogen) atoms. The molecule has 0 aromatic carbocycles. The van der Waals surface area contributed by atoms with Gasteiger partial charge in [0, 0.05) is 18.8 Å². The number of aromatic nitrogens is 3. The van der Waals surface area contributed by atoms with Crippen LogP contribution in [0.5, 0.6) is 0 Å². The fourth-order valence-electron chi connectivity index (χ4n) is 1.60. The van der Waals surface area contributed by atoms with Gasteiger partial charge >= 0.3 is 0 Å². The van der Waals surface area contributed by atoms with Gasteiger partial charge in [-0.2, -0.15) is 5.10 Å². The van der Waals surface area contributed by atoms with Crippen LogP contribution < -0.4 is 5.32 Å². The van der Waals surface area contributed by atoms with Crippen molar-refractivity contribution in [1.82, 2.24) is 20.1 Å². The molecule has 7 heteroatoms. The van der Waals surface area contributed by atoms with Crippen LogP contribution in [-0.2, 0) is 7.05 Å². The normalized spacial score (nSPS) is 12.2. The molecule has 0 aliphatic carbocycles. The average Bonchev–Trinajstić information content (AvgIpc) is 2.79. The lowest BCUT2D eigenvalue weighted by atomic mass is 10.1. The molecule has 1 unspecified atom stereocenters. The van der Waals surface area contributed by atoms with E-state index in [-0.39, 0.29) is 16.8 Å². The van der Waals surface area contributed by atoms with Crippen molar-refractivity contribution in [3.05, 3.63) is 46.8 Å². The van der Waals surface area contributed by atoms with Gasteiger partial charge in [0.15, 0.2) is 0 Å². The summed E-state index contributed by atoms with van der Waals surface area (Å²) in [5.74, 6) is -1.09. The minimum absolute atomic E-state index is 0.0115. The molecule has 2 aromatic rings. The van der Waals surface area contributed by atoms with E-state index < -0.39 is 11.7 Å². The maximum Gasteiger partial charge on any atom is 0.254 e. The zero-order valence-corrected chi connectivity index (χ0v) is 11.1. The molecule has 0 fully saturated rings. The highest BCUT2D eigenvalue weighted by Crippen LogP contribution is 2.16. The van der Waals surface area contributed by atoms with Crippen LogP contribution in [0.2, 0.25) is 5.15 Å². The first-order valence-corrected chi connectivity index (χ1v) is 5.95. The zero-order chi connectivity index (χ0) is 14.0. The minimum atomic E-state index is -0.608. The summed E-state index contributed by atoms with van der Waals surface area (Å²) in [4.78, 5) is 15.6. The summed E-state index contributed by atoms with van der Waals surface area (Å²) in [6.07, 6.45) is 4.40. The monoisotopic (exact) mass is 282 g/mol. The highest BCUT2D eigenvalue weighted by Gasteiger charge is 2.16. The Balaban J connectivity index is 2.15. The molecule has 0 radical (unpaired) electrons. The van der Waals surface area contributed by atoms with Gasteiger partial charge < -0.3 is 5.32 Å². The fourth-order valence-corrected chi connectivity index (χ4v) is 1.79. The molecule has 2 aromatic heterocycles. The number of nitrogens with zero attached hydrogens (tertiary/aromatic N) is 3. The number of aryl methyl sites for hydroxylation is 1. The highest BCUT2D eigenvalue weighted by atomic mass is 35.5. The first-order chi connectivity index (χ1) is 8.97. The Labute approximate surface area is 114 Å². The number of nitrogens with one attached hydrogen (secondary N) is 1. The number of carbonyl (C=O) groups is 1. The summed E-state index contributed by atoms with van der Waals surface area (Å²) < 4.78 is 14.7. The zero-order valence-electron chi connectivity index (χ0n) is 10.4. The van der Waals surface area contributed by atoms with E-state index in [2.05, 4.69) is 15.4 Å². The molecule has 0 saturated carbocycles. The summed E-state index contributed by atoms with van der Waals surface area (Å²) in [6, 6.07) is 0.793. The van der Waals surface area contributed by atoms with E-state index in [1.807, 2.05) is 0 Å². The van der Waals surface area contributed by atoms with E-state index in [1.165, 1.54) is 0 Å². The van der Waals surface area contributed by atoms with E-state index in [9.17, 15) is 9.18 Å². The van der Waals surface area contributed by atoms with Crippen LogP contribution in [0.3, 0.4) is 0 Å². The van der Waals surface area contributed by atoms with E-state index in [0.717, 1.165) is 17.8 Å². The molecule has 0 bridgehead atoms. The van der Waals surface area contributed by atoms with Gasteiger partial charge in [0.2, 0.25) is 0 Å². The van der Waals surface area contributed by atoms with Crippen molar-refractivity contribution >= 4 is 17.5 Å². The number of halogens is 2. The van der Waals surface area contributed by atoms with Crippen LogP contribution in [0.4, 0.5) is 4.39 Å². The fraction of sp³-hybridized carbons (Fsp3) is 0.250. The second kappa shape index (κ2) is 5.36. The average molecular weight is 283 g/mol. The molecular weight excluding hydrogens is 271 g/mol. The Morgan fingerprint density at radius 1 is 1.53 bits per heavy atom. The molecule has 0 aliphatic heterocycles. The molecule has 100 valence electrons. The molecule has 0 saturated heterocycles. The Morgan fingerprint density at radius 3 is 2.89 bits per heavy atom. The lowest BCUT2D eigenvalue weighted by molar-refractivity contribution is 0.0939. The molecule has 1 N–H and O–H groups in total. The predicted octanol–water partition coefficient (Wildman–Crippen LogP) is 2.10. The summed E-state index contributed by atoms with van der Waals surface area (Å²) in [6.45, 7) is 1.80. The van der Waals surface area contributed by atoms with Crippen LogP contribution in [0.25, 0.3) is 0 Å². The lowest BCUT2D eigenvalue weighted by Gasteiger charge is -2.12. The number of amides is 1. The third-order valence-corrected chi connectivity index (χ3v) is 2.92. The molecule has 0 aliphatic rings. The second-order valence-corrected chi connectivity index (χ2v) is 4.49. The number of rotatable bonds is 3. The van der Waals surface area contributed by atoms with Gasteiger partial charge in [0.25, 0.3) is 5.91 Å². The van der Waals surface area contributed by atoms with Crippen LogP contribution in [-0.4, -0.2) is 20.7 Å². The standard InChI is InChI=1S/C12H12ClFN4O/c1-7(8-4-16-18(2)6-8)17-12(19)10-3-9(14)5-15-11(10)13/h3-7H,1-2H3,(H,17,19). The van der Waals surface area contributed by atoms with Gasteiger partial charge in [0.05, 0.1) is 24.0 Å². The first kappa shape index (κ1) is 13.5. The molecule has 1 amide bonds. The Hall–Kier alpha value is -1.95. The summed E-state index contributed by atoms with van der Waals surface area (Å²) in [5.41, 5.74) is 0.855. The maximum atomic E-state index is 13.1. The van der Waals surface area contributed by atoms with Crippen LogP contribution >= 0.6 is 11.6 Å². The highest BCUT2D eigenvalue weighted by molar-refractivity contribution is 6.32. The third-order valence-electron chi connectivity index (χ3n) is 2.62. The molecule has 5 nitrogen and oxygen atoms in total. The van der Waals surface area contributed by atoms with Gasteiger partial charge in [-0.3, -0.25) is 9.48 Å². The first-order valence-electron chi connectivity index (χ1n) is 5.58. The summed E-state index contributed by atoms with van der Waals surface area (Å²) >= 11 is 5.77. The summed E-state index contributed by atoms with van der Waals surface area (Å²) in [7, 11) is 1.78. The Bertz CT molecular complexity index is 614. The van der Waals surface area contributed by atoms with Crippen molar-refractivity contribution in [2.75, 3.05) is 0 Å². The van der Waals surface area contributed by atoms with Crippen LogP contribution in [0.15, 0.2) is 24.7 Å². The van der Waals surface area contributed by atoms with Gasteiger partial charge in [-0.1, -0.05) is 11.6 Å². The number of carbonyl (C=O) groups excluding carboxylic acids is 1. The Morgan fingerprint density at radius 2 is 2.26 bits per heavy atom. The smallest absolute Gasteiger partial charge is 0.254 e. The van der Waals surface area contributed by atoms with Gasteiger partial charge in [0.1, 0.15) is 11.0 Å². The van der Waals surface area contributed by atoms with E-state index in [1.54, 1.807) is 31.0 Å². The van der Waals surface area contributed by atoms with Crippen molar-refractivity contribution in [3.8, 4) is 0 Å². The van der Waals surface area contributed by atoms with Crippen molar-refractivity contribution in [1.29, 1.82) is 0 Å². The molecule has 1 atom stereocenters. The lowest BCUT2D eigenvalue weighted by Crippen LogP contribution is -2.27. The third kappa shape index (κ3) is 3.08. The predicted molar refractivity (Wildman–Crippen MR) is 68.3 cm³/mol. The van der Waals surface area contributed by atoms with E-state index in [4.69, 9.17) is 11.6 Å². The topological polar surface area (TPSA) is 59.8 Å².